The number of nitrogens with two attached hydrogens (primary N) is 1. The molecule has 1 unspecified atom stereocenters. The Morgan fingerprint density at radius 2 is 1.69 bits per heavy atom. The lowest BCUT2D eigenvalue weighted by atomic mass is 9.84. The molecule has 2 heteroatoms. The van der Waals surface area contributed by atoms with Crippen LogP contribution >= 0.6 is 0 Å². The van der Waals surface area contributed by atoms with Crippen molar-refractivity contribution < 1.29 is 4.74 Å². The fourth-order valence-corrected chi connectivity index (χ4v) is 1.77. The predicted octanol–water partition coefficient (Wildman–Crippen LogP) is 3.78. The molecule has 1 atom stereocenters. The minimum absolute atomic E-state index is 0.0358. The summed E-state index contributed by atoms with van der Waals surface area (Å²) in [7, 11) is 0. The summed E-state index contributed by atoms with van der Waals surface area (Å²) in [5.41, 5.74) is 7.95. The van der Waals surface area contributed by atoms with E-state index in [0.717, 1.165) is 11.3 Å². The van der Waals surface area contributed by atoms with Gasteiger partial charge in [-0.15, -0.1) is 0 Å². The number of rotatable bonds is 3. The van der Waals surface area contributed by atoms with Crippen molar-refractivity contribution in [2.75, 3.05) is 5.73 Å². The molecule has 0 saturated heterocycles. The van der Waals surface area contributed by atoms with E-state index in [1.807, 2.05) is 24.3 Å². The van der Waals surface area contributed by atoms with Crippen LogP contribution in [0.25, 0.3) is 0 Å². The highest BCUT2D eigenvalue weighted by Gasteiger charge is 2.29. The second kappa shape index (κ2) is 4.88. The molecular formula is C14H23NO. The molecule has 1 aromatic rings. The first kappa shape index (κ1) is 13.0. The Kier molecular flexibility index (Phi) is 3.98. The van der Waals surface area contributed by atoms with E-state index in [0.29, 0.717) is 0 Å². The predicted molar refractivity (Wildman–Crippen MR) is 69.3 cm³/mol. The fourth-order valence-electron chi connectivity index (χ4n) is 1.77. The lowest BCUT2D eigenvalue weighted by Gasteiger charge is -2.33. The third-order valence-electron chi connectivity index (χ3n) is 2.47. The maximum absolute atomic E-state index is 6.01. The summed E-state index contributed by atoms with van der Waals surface area (Å²) < 4.78 is 6.00. The molecule has 2 nitrogen and oxygen atoms in total. The van der Waals surface area contributed by atoms with Crippen LogP contribution in [0.1, 0.15) is 46.3 Å². The Morgan fingerprint density at radius 3 is 2.12 bits per heavy atom. The van der Waals surface area contributed by atoms with Crippen LogP contribution < -0.4 is 5.73 Å². The van der Waals surface area contributed by atoms with E-state index in [9.17, 15) is 0 Å². The smallest absolute Gasteiger partial charge is 0.0896 e. The Labute approximate surface area is 98.8 Å². The van der Waals surface area contributed by atoms with E-state index in [1.165, 1.54) is 0 Å². The highest BCUT2D eigenvalue weighted by molar-refractivity contribution is 5.48. The van der Waals surface area contributed by atoms with Crippen LogP contribution in [-0.4, -0.2) is 6.10 Å². The first-order valence-corrected chi connectivity index (χ1v) is 5.82. The quantitative estimate of drug-likeness (QED) is 0.788. The number of benzene rings is 1. The molecule has 0 aliphatic rings. The third-order valence-corrected chi connectivity index (χ3v) is 2.47. The largest absolute Gasteiger partial charge is 0.398 e. The lowest BCUT2D eigenvalue weighted by Crippen LogP contribution is -2.25. The van der Waals surface area contributed by atoms with Crippen LogP contribution in [0, 0.1) is 5.41 Å². The summed E-state index contributed by atoms with van der Waals surface area (Å²) in [6, 6.07) is 7.94. The molecule has 90 valence electrons. The summed E-state index contributed by atoms with van der Waals surface area (Å²) in [4.78, 5) is 0. The van der Waals surface area contributed by atoms with Gasteiger partial charge in [0.25, 0.3) is 0 Å². The molecule has 0 saturated carbocycles. The molecule has 16 heavy (non-hydrogen) atoms. The van der Waals surface area contributed by atoms with Gasteiger partial charge in [0.1, 0.15) is 0 Å². The van der Waals surface area contributed by atoms with Crippen molar-refractivity contribution in [3.8, 4) is 0 Å². The SMILES string of the molecule is CC(C)OC(c1ccccc1N)C(C)(C)C. The summed E-state index contributed by atoms with van der Waals surface area (Å²) in [5.74, 6) is 0. The number of nitrogen functional groups attached to an aromatic ring is 1. The van der Waals surface area contributed by atoms with E-state index < -0.39 is 0 Å². The van der Waals surface area contributed by atoms with Crippen molar-refractivity contribution in [2.45, 2.75) is 46.8 Å². The first-order chi connectivity index (χ1) is 7.32. The molecule has 0 fully saturated rings. The third kappa shape index (κ3) is 3.24. The maximum atomic E-state index is 6.01. The van der Waals surface area contributed by atoms with E-state index in [1.54, 1.807) is 0 Å². The zero-order chi connectivity index (χ0) is 12.3. The Bertz CT molecular complexity index is 339. The van der Waals surface area contributed by atoms with Crippen molar-refractivity contribution in [1.29, 1.82) is 0 Å². The Hall–Kier alpha value is -1.02. The number of hydrogen-bond donors (Lipinski definition) is 1. The molecule has 0 radical (unpaired) electrons. The monoisotopic (exact) mass is 221 g/mol. The molecule has 0 bridgehead atoms. The number of anilines is 1. The summed E-state index contributed by atoms with van der Waals surface area (Å²) in [6.07, 6.45) is 0.234. The average molecular weight is 221 g/mol. The second-order valence-electron chi connectivity index (χ2n) is 5.56. The standard InChI is InChI=1S/C14H23NO/c1-10(2)16-13(14(3,4)5)11-8-6-7-9-12(11)15/h6-10,13H,15H2,1-5H3. The molecule has 0 spiro atoms. The van der Waals surface area contributed by atoms with E-state index >= 15 is 0 Å². The first-order valence-electron chi connectivity index (χ1n) is 5.82. The molecule has 0 heterocycles. The summed E-state index contributed by atoms with van der Waals surface area (Å²) >= 11 is 0. The van der Waals surface area contributed by atoms with Gasteiger partial charge in [0, 0.05) is 11.3 Å². The number of para-hydroxylation sites is 1. The van der Waals surface area contributed by atoms with Gasteiger partial charge < -0.3 is 10.5 Å². The van der Waals surface area contributed by atoms with Gasteiger partial charge in [0.2, 0.25) is 0 Å². The van der Waals surface area contributed by atoms with Crippen LogP contribution in [-0.2, 0) is 4.74 Å². The fraction of sp³-hybridized carbons (Fsp3) is 0.571. The van der Waals surface area contributed by atoms with Gasteiger partial charge in [-0.2, -0.15) is 0 Å². The Balaban J connectivity index is 3.07. The van der Waals surface area contributed by atoms with Crippen molar-refractivity contribution in [3.63, 3.8) is 0 Å². The minimum Gasteiger partial charge on any atom is -0.398 e. The van der Waals surface area contributed by atoms with Crippen LogP contribution in [0.3, 0.4) is 0 Å². The Morgan fingerprint density at radius 1 is 1.12 bits per heavy atom. The molecule has 0 aliphatic heterocycles. The van der Waals surface area contributed by atoms with Gasteiger partial charge >= 0.3 is 0 Å². The van der Waals surface area contributed by atoms with E-state index in [4.69, 9.17) is 10.5 Å². The van der Waals surface area contributed by atoms with Crippen LogP contribution in [0.5, 0.6) is 0 Å². The van der Waals surface area contributed by atoms with Gasteiger partial charge in [0.05, 0.1) is 12.2 Å². The van der Waals surface area contributed by atoms with Gasteiger partial charge in [-0.1, -0.05) is 39.0 Å². The molecular weight excluding hydrogens is 198 g/mol. The van der Waals surface area contributed by atoms with Crippen LogP contribution in [0.2, 0.25) is 0 Å². The van der Waals surface area contributed by atoms with Gasteiger partial charge in [-0.3, -0.25) is 0 Å². The normalized spacial score (nSPS) is 14.1. The molecule has 2 N–H and O–H groups in total. The van der Waals surface area contributed by atoms with Crippen molar-refractivity contribution in [2.24, 2.45) is 5.41 Å². The zero-order valence-electron chi connectivity index (χ0n) is 10.9. The summed E-state index contributed by atoms with van der Waals surface area (Å²) in [5, 5.41) is 0. The molecule has 1 rings (SSSR count). The molecule has 0 aromatic heterocycles. The van der Waals surface area contributed by atoms with Crippen molar-refractivity contribution in [1.82, 2.24) is 0 Å². The van der Waals surface area contributed by atoms with E-state index in [2.05, 4.69) is 34.6 Å². The maximum Gasteiger partial charge on any atom is 0.0896 e. The summed E-state index contributed by atoms with van der Waals surface area (Å²) in [6.45, 7) is 10.6. The van der Waals surface area contributed by atoms with E-state index in [-0.39, 0.29) is 17.6 Å². The molecule has 0 aliphatic carbocycles. The highest BCUT2D eigenvalue weighted by Crippen LogP contribution is 2.39. The molecule has 0 amide bonds. The van der Waals surface area contributed by atoms with Crippen LogP contribution in [0.4, 0.5) is 5.69 Å². The highest BCUT2D eigenvalue weighted by atomic mass is 16.5. The van der Waals surface area contributed by atoms with Crippen molar-refractivity contribution in [3.05, 3.63) is 29.8 Å². The van der Waals surface area contributed by atoms with Crippen LogP contribution in [0.15, 0.2) is 24.3 Å². The lowest BCUT2D eigenvalue weighted by molar-refractivity contribution is -0.0538. The topological polar surface area (TPSA) is 35.2 Å². The second-order valence-corrected chi connectivity index (χ2v) is 5.56. The van der Waals surface area contributed by atoms with Gasteiger partial charge in [-0.25, -0.2) is 0 Å². The van der Waals surface area contributed by atoms with Gasteiger partial charge in [-0.05, 0) is 25.3 Å². The number of ether oxygens (including phenoxy) is 1. The minimum atomic E-state index is 0.0358. The number of hydrogen-bond acceptors (Lipinski definition) is 2. The van der Waals surface area contributed by atoms with Crippen molar-refractivity contribution >= 4 is 5.69 Å². The van der Waals surface area contributed by atoms with Gasteiger partial charge in [0.15, 0.2) is 0 Å². The molecule has 1 aromatic carbocycles. The zero-order valence-corrected chi connectivity index (χ0v) is 10.9. The average Bonchev–Trinajstić information content (AvgIpc) is 2.13.